The largest absolute Gasteiger partial charge is 0.379 e. The van der Waals surface area contributed by atoms with E-state index < -0.39 is 0 Å². The van der Waals surface area contributed by atoms with E-state index in [9.17, 15) is 0 Å². The minimum atomic E-state index is 0.700. The third-order valence-electron chi connectivity index (χ3n) is 5.73. The summed E-state index contributed by atoms with van der Waals surface area (Å²) in [5, 5.41) is 8.88. The van der Waals surface area contributed by atoms with E-state index >= 15 is 0 Å². The number of nitrogens with one attached hydrogen (secondary N) is 1. The fourth-order valence-electron chi connectivity index (χ4n) is 3.93. The minimum absolute atomic E-state index is 0.700. The Morgan fingerprint density at radius 1 is 1.04 bits per heavy atom. The molecule has 2 aliphatic rings. The summed E-state index contributed by atoms with van der Waals surface area (Å²) in [5.74, 6) is 1.70. The smallest absolute Gasteiger partial charge is 0.226 e. The molecular weight excluding hydrogens is 356 g/mol. The highest BCUT2D eigenvalue weighted by Crippen LogP contribution is 2.26. The van der Waals surface area contributed by atoms with Crippen LogP contribution in [0.4, 0.5) is 11.8 Å². The quantitative estimate of drug-likeness (QED) is 0.693. The standard InChI is InChI=1S/C19H32N8O/c1-3-25-7-9-27(10-8-25)18-16-15-21-24(2)17(16)22-19(23-18)20-5-4-6-26-11-13-28-14-12-26/h15H,3-14H2,1-2H3,(H,20,22,23). The van der Waals surface area contributed by atoms with E-state index in [0.717, 1.165) is 95.4 Å². The number of piperazine rings is 1. The SMILES string of the molecule is CCN1CCN(c2nc(NCCCN3CCOCC3)nc3c2cnn3C)CC1. The van der Waals surface area contributed by atoms with E-state index in [4.69, 9.17) is 14.7 Å². The van der Waals surface area contributed by atoms with Crippen molar-refractivity contribution in [2.75, 3.05) is 82.3 Å². The Morgan fingerprint density at radius 2 is 1.82 bits per heavy atom. The molecule has 0 unspecified atom stereocenters. The molecule has 2 aromatic heterocycles. The average Bonchev–Trinajstić information content (AvgIpc) is 3.12. The molecule has 0 amide bonds. The van der Waals surface area contributed by atoms with Gasteiger partial charge in [-0.1, -0.05) is 6.92 Å². The summed E-state index contributed by atoms with van der Waals surface area (Å²) in [5.41, 5.74) is 0.888. The van der Waals surface area contributed by atoms with Crippen LogP contribution in [0.5, 0.6) is 0 Å². The lowest BCUT2D eigenvalue weighted by molar-refractivity contribution is 0.0378. The van der Waals surface area contributed by atoms with Crippen molar-refractivity contribution in [3.8, 4) is 0 Å². The minimum Gasteiger partial charge on any atom is -0.379 e. The number of nitrogens with zero attached hydrogens (tertiary/aromatic N) is 7. The Balaban J connectivity index is 1.42. The predicted octanol–water partition coefficient (Wildman–Crippen LogP) is 0.639. The van der Waals surface area contributed by atoms with Gasteiger partial charge >= 0.3 is 0 Å². The Morgan fingerprint density at radius 3 is 2.57 bits per heavy atom. The zero-order valence-corrected chi connectivity index (χ0v) is 17.1. The van der Waals surface area contributed by atoms with Crippen molar-refractivity contribution in [2.45, 2.75) is 13.3 Å². The first kappa shape index (κ1) is 19.4. The molecule has 0 bridgehead atoms. The number of rotatable bonds is 7. The summed E-state index contributed by atoms with van der Waals surface area (Å²) in [4.78, 5) is 16.9. The third kappa shape index (κ3) is 4.37. The molecule has 4 rings (SSSR count). The van der Waals surface area contributed by atoms with Crippen molar-refractivity contribution < 1.29 is 4.74 Å². The summed E-state index contributed by atoms with van der Waals surface area (Å²) < 4.78 is 7.25. The van der Waals surface area contributed by atoms with Crippen molar-refractivity contribution in [1.29, 1.82) is 0 Å². The molecule has 2 fully saturated rings. The number of aryl methyl sites for hydroxylation is 1. The number of anilines is 2. The predicted molar refractivity (Wildman–Crippen MR) is 111 cm³/mol. The molecule has 4 heterocycles. The van der Waals surface area contributed by atoms with Crippen molar-refractivity contribution >= 4 is 22.8 Å². The summed E-state index contributed by atoms with van der Waals surface area (Å²) in [6, 6.07) is 0. The number of hydrogen-bond acceptors (Lipinski definition) is 8. The van der Waals surface area contributed by atoms with Gasteiger partial charge in [0.05, 0.1) is 24.8 Å². The molecule has 0 spiro atoms. The molecule has 0 aliphatic carbocycles. The molecule has 0 atom stereocenters. The van der Waals surface area contributed by atoms with Gasteiger partial charge in [0.15, 0.2) is 5.65 Å². The maximum Gasteiger partial charge on any atom is 0.226 e. The van der Waals surface area contributed by atoms with Gasteiger partial charge in [0, 0.05) is 52.9 Å². The third-order valence-corrected chi connectivity index (χ3v) is 5.73. The summed E-state index contributed by atoms with van der Waals surface area (Å²) in [7, 11) is 1.94. The van der Waals surface area contributed by atoms with Crippen molar-refractivity contribution in [1.82, 2.24) is 29.5 Å². The molecule has 154 valence electrons. The molecule has 0 saturated carbocycles. The maximum absolute atomic E-state index is 5.41. The van der Waals surface area contributed by atoms with E-state index in [2.05, 4.69) is 32.0 Å². The van der Waals surface area contributed by atoms with Crippen LogP contribution in [0.2, 0.25) is 0 Å². The number of ether oxygens (including phenoxy) is 1. The number of morpholine rings is 1. The average molecular weight is 389 g/mol. The van der Waals surface area contributed by atoms with Crippen LogP contribution in [0, 0.1) is 0 Å². The van der Waals surface area contributed by atoms with Crippen LogP contribution in [-0.2, 0) is 11.8 Å². The number of hydrogen-bond donors (Lipinski definition) is 1. The summed E-state index contributed by atoms with van der Waals surface area (Å²) in [6.45, 7) is 13.2. The zero-order chi connectivity index (χ0) is 19.3. The van der Waals surface area contributed by atoms with Crippen LogP contribution in [0.1, 0.15) is 13.3 Å². The van der Waals surface area contributed by atoms with E-state index in [0.29, 0.717) is 5.95 Å². The molecular formula is C19H32N8O. The molecule has 9 heteroatoms. The Hall–Kier alpha value is -1.97. The second-order valence-corrected chi connectivity index (χ2v) is 7.53. The summed E-state index contributed by atoms with van der Waals surface area (Å²) >= 11 is 0. The lowest BCUT2D eigenvalue weighted by Crippen LogP contribution is -2.46. The van der Waals surface area contributed by atoms with E-state index in [1.165, 1.54) is 0 Å². The van der Waals surface area contributed by atoms with Gasteiger partial charge in [-0.15, -0.1) is 0 Å². The fraction of sp³-hybridized carbons (Fsp3) is 0.737. The van der Waals surface area contributed by atoms with Gasteiger partial charge in [0.25, 0.3) is 0 Å². The van der Waals surface area contributed by atoms with Gasteiger partial charge in [0.1, 0.15) is 5.82 Å². The summed E-state index contributed by atoms with van der Waals surface area (Å²) in [6.07, 6.45) is 2.95. The highest BCUT2D eigenvalue weighted by Gasteiger charge is 2.21. The number of likely N-dealkylation sites (N-methyl/N-ethyl adjacent to an activating group) is 1. The van der Waals surface area contributed by atoms with Crippen molar-refractivity contribution in [3.05, 3.63) is 6.20 Å². The van der Waals surface area contributed by atoms with Gasteiger partial charge in [-0.25, -0.2) is 0 Å². The van der Waals surface area contributed by atoms with Gasteiger partial charge in [0.2, 0.25) is 5.95 Å². The maximum atomic E-state index is 5.41. The van der Waals surface area contributed by atoms with Crippen LogP contribution in [-0.4, -0.2) is 102 Å². The van der Waals surface area contributed by atoms with Gasteiger partial charge in [-0.05, 0) is 19.5 Å². The normalized spacial score (nSPS) is 19.4. The monoisotopic (exact) mass is 388 g/mol. The van der Waals surface area contributed by atoms with Gasteiger partial charge < -0.3 is 19.9 Å². The molecule has 0 radical (unpaired) electrons. The highest BCUT2D eigenvalue weighted by atomic mass is 16.5. The van der Waals surface area contributed by atoms with Crippen LogP contribution >= 0.6 is 0 Å². The number of fused-ring (bicyclic) bond motifs is 1. The first-order valence-corrected chi connectivity index (χ1v) is 10.5. The number of aromatic nitrogens is 4. The Bertz CT molecular complexity index is 765. The van der Waals surface area contributed by atoms with Gasteiger partial charge in [-0.2, -0.15) is 15.1 Å². The van der Waals surface area contributed by atoms with Crippen LogP contribution in [0.15, 0.2) is 6.20 Å². The molecule has 28 heavy (non-hydrogen) atoms. The topological polar surface area (TPSA) is 74.6 Å². The molecule has 2 saturated heterocycles. The van der Waals surface area contributed by atoms with Crippen molar-refractivity contribution in [3.63, 3.8) is 0 Å². The van der Waals surface area contributed by atoms with E-state index in [-0.39, 0.29) is 0 Å². The molecule has 9 nitrogen and oxygen atoms in total. The van der Waals surface area contributed by atoms with Crippen molar-refractivity contribution in [2.24, 2.45) is 7.05 Å². The van der Waals surface area contributed by atoms with Crippen LogP contribution in [0.25, 0.3) is 11.0 Å². The van der Waals surface area contributed by atoms with Crippen LogP contribution < -0.4 is 10.2 Å². The molecule has 2 aromatic rings. The Labute approximate surface area is 166 Å². The second-order valence-electron chi connectivity index (χ2n) is 7.53. The zero-order valence-electron chi connectivity index (χ0n) is 17.1. The Kier molecular flexibility index (Phi) is 6.23. The van der Waals surface area contributed by atoms with E-state index in [1.54, 1.807) is 0 Å². The highest BCUT2D eigenvalue weighted by molar-refractivity contribution is 5.88. The second kappa shape index (κ2) is 9.02. The lowest BCUT2D eigenvalue weighted by Gasteiger charge is -2.35. The fourth-order valence-corrected chi connectivity index (χ4v) is 3.93. The molecule has 0 aromatic carbocycles. The van der Waals surface area contributed by atoms with Gasteiger partial charge in [-0.3, -0.25) is 9.58 Å². The molecule has 1 N–H and O–H groups in total. The first-order chi connectivity index (χ1) is 13.7. The lowest BCUT2D eigenvalue weighted by atomic mass is 10.3. The van der Waals surface area contributed by atoms with E-state index in [1.807, 2.05) is 17.9 Å². The molecule has 2 aliphatic heterocycles. The first-order valence-electron chi connectivity index (χ1n) is 10.5. The van der Waals surface area contributed by atoms with Crippen LogP contribution in [0.3, 0.4) is 0 Å².